The van der Waals surface area contributed by atoms with Gasteiger partial charge in [-0.25, -0.2) is 9.59 Å². The Bertz CT molecular complexity index is 460. The topological polar surface area (TPSA) is 52.6 Å². The van der Waals surface area contributed by atoms with Gasteiger partial charge in [-0.2, -0.15) is 0 Å². The van der Waals surface area contributed by atoms with Crippen LogP contribution in [0.1, 0.15) is 11.1 Å². The van der Waals surface area contributed by atoms with Gasteiger partial charge in [-0.1, -0.05) is 24.3 Å². The summed E-state index contributed by atoms with van der Waals surface area (Å²) in [5, 5.41) is 0. The predicted molar refractivity (Wildman–Crippen MR) is 63.2 cm³/mol. The molecule has 1 aromatic carbocycles. The molecule has 4 heteroatoms. The van der Waals surface area contributed by atoms with Crippen LogP contribution in [0, 0.1) is 6.92 Å². The molecule has 0 saturated heterocycles. The summed E-state index contributed by atoms with van der Waals surface area (Å²) < 4.78 is 9.17. The largest absolute Gasteiger partial charge is 0.466 e. The van der Waals surface area contributed by atoms with Crippen LogP contribution < -0.4 is 0 Å². The van der Waals surface area contributed by atoms with E-state index < -0.39 is 11.9 Å². The first-order chi connectivity index (χ1) is 8.10. The van der Waals surface area contributed by atoms with Gasteiger partial charge in [0.1, 0.15) is 0 Å². The first-order valence-corrected chi connectivity index (χ1v) is 5.04. The minimum absolute atomic E-state index is 0.192. The second-order valence-electron chi connectivity index (χ2n) is 3.39. The van der Waals surface area contributed by atoms with Gasteiger partial charge in [0.05, 0.1) is 19.8 Å². The fourth-order valence-electron chi connectivity index (χ4n) is 1.41. The lowest BCUT2D eigenvalue weighted by molar-refractivity contribution is -0.136. The molecule has 0 fully saturated rings. The maximum atomic E-state index is 11.6. The number of hydrogen-bond donors (Lipinski definition) is 0. The lowest BCUT2D eigenvalue weighted by Crippen LogP contribution is -2.08. The van der Waals surface area contributed by atoms with E-state index >= 15 is 0 Å². The number of aryl methyl sites for hydroxylation is 1. The van der Waals surface area contributed by atoms with E-state index in [4.69, 9.17) is 0 Å². The smallest absolute Gasteiger partial charge is 0.338 e. The molecule has 0 amide bonds. The molecule has 0 spiro atoms. The molecule has 17 heavy (non-hydrogen) atoms. The highest BCUT2D eigenvalue weighted by Crippen LogP contribution is 2.19. The van der Waals surface area contributed by atoms with Crippen molar-refractivity contribution >= 4 is 17.5 Å². The van der Waals surface area contributed by atoms with Gasteiger partial charge in [0.15, 0.2) is 0 Å². The summed E-state index contributed by atoms with van der Waals surface area (Å²) in [4.78, 5) is 22.8. The second-order valence-corrected chi connectivity index (χ2v) is 3.39. The van der Waals surface area contributed by atoms with Gasteiger partial charge in [0, 0.05) is 6.08 Å². The molecule has 0 aliphatic carbocycles. The zero-order valence-electron chi connectivity index (χ0n) is 10.0. The van der Waals surface area contributed by atoms with Gasteiger partial charge in [0.25, 0.3) is 0 Å². The molecule has 0 radical (unpaired) electrons. The molecule has 1 rings (SSSR count). The number of ether oxygens (including phenoxy) is 2. The van der Waals surface area contributed by atoms with E-state index in [2.05, 4.69) is 9.47 Å². The summed E-state index contributed by atoms with van der Waals surface area (Å²) in [6.45, 7) is 1.85. The van der Waals surface area contributed by atoms with E-state index in [-0.39, 0.29) is 5.57 Å². The zero-order chi connectivity index (χ0) is 12.8. The highest BCUT2D eigenvalue weighted by Gasteiger charge is 2.16. The number of methoxy groups -OCH3 is 2. The highest BCUT2D eigenvalue weighted by molar-refractivity contribution is 6.20. The Morgan fingerprint density at radius 3 is 2.29 bits per heavy atom. The van der Waals surface area contributed by atoms with E-state index in [0.29, 0.717) is 5.56 Å². The van der Waals surface area contributed by atoms with E-state index in [1.54, 1.807) is 12.1 Å². The SMILES string of the molecule is COC(=O)/C=C(\C(=O)OC)c1ccccc1C. The number of carbonyl (C=O) groups excluding carboxylic acids is 2. The van der Waals surface area contributed by atoms with E-state index in [0.717, 1.165) is 11.6 Å². The Balaban J connectivity index is 3.25. The standard InChI is InChI=1S/C13H14O4/c1-9-6-4-5-7-10(9)11(13(15)17-3)8-12(14)16-2/h4-8H,1-3H3/b11-8-. The average Bonchev–Trinajstić information content (AvgIpc) is 2.35. The molecule has 0 aromatic heterocycles. The quantitative estimate of drug-likeness (QED) is 0.590. The molecule has 0 aliphatic heterocycles. The fourth-order valence-corrected chi connectivity index (χ4v) is 1.41. The van der Waals surface area contributed by atoms with Crippen molar-refractivity contribution in [1.29, 1.82) is 0 Å². The molecule has 0 saturated carbocycles. The fraction of sp³-hybridized carbons (Fsp3) is 0.231. The summed E-state index contributed by atoms with van der Waals surface area (Å²) in [7, 11) is 2.53. The molecular formula is C13H14O4. The normalized spacial score (nSPS) is 10.9. The molecule has 0 aliphatic rings. The van der Waals surface area contributed by atoms with Gasteiger partial charge >= 0.3 is 11.9 Å². The number of esters is 2. The number of rotatable bonds is 3. The maximum Gasteiger partial charge on any atom is 0.338 e. The molecule has 0 N–H and O–H groups in total. The third-order valence-corrected chi connectivity index (χ3v) is 2.30. The van der Waals surface area contributed by atoms with E-state index in [9.17, 15) is 9.59 Å². The first-order valence-electron chi connectivity index (χ1n) is 5.04. The Kier molecular flexibility index (Phi) is 4.46. The van der Waals surface area contributed by atoms with Crippen molar-refractivity contribution in [3.8, 4) is 0 Å². The van der Waals surface area contributed by atoms with Crippen LogP contribution in [0.4, 0.5) is 0 Å². The third kappa shape index (κ3) is 3.17. The van der Waals surface area contributed by atoms with Gasteiger partial charge in [-0.05, 0) is 18.1 Å². The average molecular weight is 234 g/mol. The van der Waals surface area contributed by atoms with Crippen LogP contribution in [-0.2, 0) is 19.1 Å². The van der Waals surface area contributed by atoms with Crippen molar-refractivity contribution in [2.45, 2.75) is 6.92 Å². The van der Waals surface area contributed by atoms with Crippen molar-refractivity contribution in [3.05, 3.63) is 41.5 Å². The van der Waals surface area contributed by atoms with Crippen molar-refractivity contribution in [1.82, 2.24) is 0 Å². The number of carbonyl (C=O) groups is 2. The first kappa shape index (κ1) is 13.0. The van der Waals surface area contributed by atoms with Crippen molar-refractivity contribution in [3.63, 3.8) is 0 Å². The monoisotopic (exact) mass is 234 g/mol. The van der Waals surface area contributed by atoms with Crippen molar-refractivity contribution < 1.29 is 19.1 Å². The Hall–Kier alpha value is -2.10. The molecule has 0 atom stereocenters. The van der Waals surface area contributed by atoms with Gasteiger partial charge in [0.2, 0.25) is 0 Å². The molecule has 4 nitrogen and oxygen atoms in total. The number of hydrogen-bond acceptors (Lipinski definition) is 4. The molecule has 90 valence electrons. The van der Waals surface area contributed by atoms with Crippen LogP contribution in [0.3, 0.4) is 0 Å². The minimum atomic E-state index is -0.589. The zero-order valence-corrected chi connectivity index (χ0v) is 10.0. The van der Waals surface area contributed by atoms with Crippen molar-refractivity contribution in [2.24, 2.45) is 0 Å². The third-order valence-electron chi connectivity index (χ3n) is 2.30. The van der Waals surface area contributed by atoms with Gasteiger partial charge in [-0.3, -0.25) is 0 Å². The van der Waals surface area contributed by atoms with Crippen LogP contribution in [0.2, 0.25) is 0 Å². The molecular weight excluding hydrogens is 220 g/mol. The lowest BCUT2D eigenvalue weighted by atomic mass is 10.0. The molecule has 0 bridgehead atoms. The second kappa shape index (κ2) is 5.84. The molecule has 1 aromatic rings. The van der Waals surface area contributed by atoms with Crippen molar-refractivity contribution in [2.75, 3.05) is 14.2 Å². The summed E-state index contributed by atoms with van der Waals surface area (Å²) in [6, 6.07) is 7.24. The van der Waals surface area contributed by atoms with Crippen LogP contribution in [0.5, 0.6) is 0 Å². The van der Waals surface area contributed by atoms with Gasteiger partial charge in [-0.15, -0.1) is 0 Å². The summed E-state index contributed by atoms with van der Waals surface area (Å²) in [5.74, 6) is -1.15. The minimum Gasteiger partial charge on any atom is -0.466 e. The Morgan fingerprint density at radius 1 is 1.12 bits per heavy atom. The van der Waals surface area contributed by atoms with Crippen LogP contribution in [0.25, 0.3) is 5.57 Å². The summed E-state index contributed by atoms with van der Waals surface area (Å²) >= 11 is 0. The Morgan fingerprint density at radius 2 is 1.76 bits per heavy atom. The summed E-state index contributed by atoms with van der Waals surface area (Å²) in [6.07, 6.45) is 1.13. The van der Waals surface area contributed by atoms with E-state index in [1.165, 1.54) is 14.2 Å². The van der Waals surface area contributed by atoms with Crippen LogP contribution in [-0.4, -0.2) is 26.2 Å². The summed E-state index contributed by atoms with van der Waals surface area (Å²) in [5.41, 5.74) is 1.73. The molecule has 0 unspecified atom stereocenters. The van der Waals surface area contributed by atoms with E-state index in [1.807, 2.05) is 19.1 Å². The number of benzene rings is 1. The highest BCUT2D eigenvalue weighted by atomic mass is 16.5. The maximum absolute atomic E-state index is 11.6. The predicted octanol–water partition coefficient (Wildman–Crippen LogP) is 1.72. The van der Waals surface area contributed by atoms with Crippen LogP contribution >= 0.6 is 0 Å². The molecule has 0 heterocycles. The Labute approximate surface area is 99.8 Å². The van der Waals surface area contributed by atoms with Crippen LogP contribution in [0.15, 0.2) is 30.3 Å². The van der Waals surface area contributed by atoms with Gasteiger partial charge < -0.3 is 9.47 Å². The lowest BCUT2D eigenvalue weighted by Gasteiger charge is -2.08.